The standard InChI is InChI=1S/C13H16N2S/c1-2-12-3-4-13(16-12)10-15-9-11-5-7-14-8-6-11/h3-8,15H,2,9-10H2,1H3. The van der Waals surface area contributed by atoms with E-state index in [1.54, 1.807) is 0 Å². The summed E-state index contributed by atoms with van der Waals surface area (Å²) in [6.07, 6.45) is 4.80. The summed E-state index contributed by atoms with van der Waals surface area (Å²) in [5.74, 6) is 0. The van der Waals surface area contributed by atoms with E-state index in [-0.39, 0.29) is 0 Å². The Labute approximate surface area is 100 Å². The van der Waals surface area contributed by atoms with Crippen molar-refractivity contribution in [1.82, 2.24) is 10.3 Å². The van der Waals surface area contributed by atoms with Crippen LogP contribution in [0.2, 0.25) is 0 Å². The third kappa shape index (κ3) is 3.15. The Balaban J connectivity index is 1.80. The summed E-state index contributed by atoms with van der Waals surface area (Å²) in [4.78, 5) is 6.87. The van der Waals surface area contributed by atoms with Gasteiger partial charge in [0.2, 0.25) is 0 Å². The first kappa shape index (κ1) is 11.3. The van der Waals surface area contributed by atoms with Crippen LogP contribution >= 0.6 is 11.3 Å². The van der Waals surface area contributed by atoms with Gasteiger partial charge < -0.3 is 5.32 Å². The van der Waals surface area contributed by atoms with Crippen LogP contribution in [-0.4, -0.2) is 4.98 Å². The van der Waals surface area contributed by atoms with Gasteiger partial charge in [0.1, 0.15) is 0 Å². The Morgan fingerprint density at radius 3 is 2.50 bits per heavy atom. The van der Waals surface area contributed by atoms with E-state index in [0.29, 0.717) is 0 Å². The molecule has 0 saturated heterocycles. The highest BCUT2D eigenvalue weighted by Crippen LogP contribution is 2.16. The van der Waals surface area contributed by atoms with Crippen LogP contribution < -0.4 is 5.32 Å². The molecule has 0 amide bonds. The molecule has 2 nitrogen and oxygen atoms in total. The largest absolute Gasteiger partial charge is 0.308 e. The molecule has 3 heteroatoms. The van der Waals surface area contributed by atoms with Crippen molar-refractivity contribution in [3.63, 3.8) is 0 Å². The van der Waals surface area contributed by atoms with Crippen LogP contribution in [0.4, 0.5) is 0 Å². The number of nitrogens with one attached hydrogen (secondary N) is 1. The Morgan fingerprint density at radius 2 is 1.81 bits per heavy atom. The monoisotopic (exact) mass is 232 g/mol. The molecule has 2 rings (SSSR count). The van der Waals surface area contributed by atoms with E-state index in [0.717, 1.165) is 19.5 Å². The quantitative estimate of drug-likeness (QED) is 0.857. The van der Waals surface area contributed by atoms with Gasteiger partial charge in [0, 0.05) is 35.2 Å². The SMILES string of the molecule is CCc1ccc(CNCc2ccncc2)s1. The van der Waals surface area contributed by atoms with Crippen molar-refractivity contribution >= 4 is 11.3 Å². The fourth-order valence-electron chi connectivity index (χ4n) is 1.54. The smallest absolute Gasteiger partial charge is 0.0303 e. The molecule has 0 aliphatic carbocycles. The summed E-state index contributed by atoms with van der Waals surface area (Å²) in [6.45, 7) is 4.05. The molecule has 84 valence electrons. The lowest BCUT2D eigenvalue weighted by Crippen LogP contribution is -2.11. The number of hydrogen-bond donors (Lipinski definition) is 1. The zero-order valence-corrected chi connectivity index (χ0v) is 10.3. The molecule has 0 bridgehead atoms. The molecule has 0 aromatic carbocycles. The molecular formula is C13H16N2S. The molecule has 0 aliphatic rings. The number of thiophene rings is 1. The zero-order valence-electron chi connectivity index (χ0n) is 9.44. The number of aryl methyl sites for hydroxylation is 1. The van der Waals surface area contributed by atoms with Gasteiger partial charge >= 0.3 is 0 Å². The summed E-state index contributed by atoms with van der Waals surface area (Å²) >= 11 is 1.89. The summed E-state index contributed by atoms with van der Waals surface area (Å²) in [5, 5.41) is 3.44. The van der Waals surface area contributed by atoms with Crippen LogP contribution in [0.5, 0.6) is 0 Å². The van der Waals surface area contributed by atoms with E-state index in [1.165, 1.54) is 15.3 Å². The Morgan fingerprint density at radius 1 is 1.06 bits per heavy atom. The van der Waals surface area contributed by atoms with Gasteiger partial charge in [-0.2, -0.15) is 0 Å². The second-order valence-electron chi connectivity index (χ2n) is 3.68. The minimum atomic E-state index is 0.905. The number of nitrogens with zero attached hydrogens (tertiary/aromatic N) is 1. The van der Waals surface area contributed by atoms with Gasteiger partial charge in [-0.1, -0.05) is 6.92 Å². The average molecular weight is 232 g/mol. The molecule has 1 N–H and O–H groups in total. The zero-order chi connectivity index (χ0) is 11.2. The van der Waals surface area contributed by atoms with Crippen molar-refractivity contribution in [2.45, 2.75) is 26.4 Å². The van der Waals surface area contributed by atoms with E-state index >= 15 is 0 Å². The van der Waals surface area contributed by atoms with Crippen molar-refractivity contribution in [2.24, 2.45) is 0 Å². The van der Waals surface area contributed by atoms with Crippen LogP contribution in [0.1, 0.15) is 22.2 Å². The Kier molecular flexibility index (Phi) is 4.08. The van der Waals surface area contributed by atoms with E-state index in [1.807, 2.05) is 35.9 Å². The fraction of sp³-hybridized carbons (Fsp3) is 0.308. The number of rotatable bonds is 5. The molecule has 0 radical (unpaired) electrons. The lowest BCUT2D eigenvalue weighted by Gasteiger charge is -2.02. The van der Waals surface area contributed by atoms with Crippen LogP contribution in [0.3, 0.4) is 0 Å². The molecule has 0 spiro atoms. The van der Waals surface area contributed by atoms with E-state index in [9.17, 15) is 0 Å². The van der Waals surface area contributed by atoms with E-state index in [2.05, 4.69) is 29.4 Å². The predicted octanol–water partition coefficient (Wildman–Crippen LogP) is 3.00. The first-order chi connectivity index (χ1) is 7.88. The van der Waals surface area contributed by atoms with E-state index < -0.39 is 0 Å². The van der Waals surface area contributed by atoms with Gasteiger partial charge in [-0.3, -0.25) is 4.98 Å². The van der Waals surface area contributed by atoms with Crippen LogP contribution in [0, 0.1) is 0 Å². The summed E-state index contributed by atoms with van der Waals surface area (Å²) < 4.78 is 0. The Bertz CT molecular complexity index is 423. The van der Waals surface area contributed by atoms with Crippen molar-refractivity contribution < 1.29 is 0 Å². The minimum absolute atomic E-state index is 0.905. The van der Waals surface area contributed by atoms with Crippen molar-refractivity contribution in [3.8, 4) is 0 Å². The molecular weight excluding hydrogens is 216 g/mol. The number of hydrogen-bond acceptors (Lipinski definition) is 3. The second-order valence-corrected chi connectivity index (χ2v) is 4.93. The molecule has 2 aromatic heterocycles. The summed E-state index contributed by atoms with van der Waals surface area (Å²) in [7, 11) is 0. The predicted molar refractivity (Wildman–Crippen MR) is 68.5 cm³/mol. The average Bonchev–Trinajstić information content (AvgIpc) is 2.78. The highest BCUT2D eigenvalue weighted by atomic mass is 32.1. The number of aromatic nitrogens is 1. The van der Waals surface area contributed by atoms with Gasteiger partial charge in [0.05, 0.1) is 0 Å². The van der Waals surface area contributed by atoms with Gasteiger partial charge in [0.15, 0.2) is 0 Å². The fourth-order valence-corrected chi connectivity index (χ4v) is 2.47. The molecule has 0 aliphatic heterocycles. The van der Waals surface area contributed by atoms with Gasteiger partial charge in [-0.25, -0.2) is 0 Å². The van der Waals surface area contributed by atoms with Crippen molar-refractivity contribution in [3.05, 3.63) is 52.0 Å². The first-order valence-corrected chi connectivity index (χ1v) is 6.37. The highest BCUT2D eigenvalue weighted by Gasteiger charge is 1.98. The number of pyridine rings is 1. The highest BCUT2D eigenvalue weighted by molar-refractivity contribution is 7.11. The second kappa shape index (κ2) is 5.77. The van der Waals surface area contributed by atoms with E-state index in [4.69, 9.17) is 0 Å². The van der Waals surface area contributed by atoms with Crippen LogP contribution in [0.15, 0.2) is 36.7 Å². The molecule has 0 atom stereocenters. The molecule has 0 unspecified atom stereocenters. The normalized spacial score (nSPS) is 10.6. The minimum Gasteiger partial charge on any atom is -0.308 e. The summed E-state index contributed by atoms with van der Waals surface area (Å²) in [6, 6.07) is 8.51. The van der Waals surface area contributed by atoms with Gasteiger partial charge in [0.25, 0.3) is 0 Å². The van der Waals surface area contributed by atoms with Crippen molar-refractivity contribution in [1.29, 1.82) is 0 Å². The summed E-state index contributed by atoms with van der Waals surface area (Å²) in [5.41, 5.74) is 1.28. The third-order valence-electron chi connectivity index (χ3n) is 2.44. The molecule has 2 aromatic rings. The first-order valence-electron chi connectivity index (χ1n) is 5.55. The lowest BCUT2D eigenvalue weighted by molar-refractivity contribution is 0.700. The van der Waals surface area contributed by atoms with Gasteiger partial charge in [-0.15, -0.1) is 11.3 Å². The molecule has 2 heterocycles. The van der Waals surface area contributed by atoms with Gasteiger partial charge in [-0.05, 0) is 36.2 Å². The van der Waals surface area contributed by atoms with Crippen molar-refractivity contribution in [2.75, 3.05) is 0 Å². The topological polar surface area (TPSA) is 24.9 Å². The molecule has 0 fully saturated rings. The molecule has 0 saturated carbocycles. The maximum absolute atomic E-state index is 4.00. The van der Waals surface area contributed by atoms with Crippen LogP contribution in [-0.2, 0) is 19.5 Å². The maximum atomic E-state index is 4.00. The Hall–Kier alpha value is -1.19. The molecule has 16 heavy (non-hydrogen) atoms. The lowest BCUT2D eigenvalue weighted by atomic mass is 10.3. The third-order valence-corrected chi connectivity index (χ3v) is 3.67. The maximum Gasteiger partial charge on any atom is 0.0303 e. The van der Waals surface area contributed by atoms with Crippen LogP contribution in [0.25, 0.3) is 0 Å².